The van der Waals surface area contributed by atoms with E-state index in [1.54, 1.807) is 6.92 Å². The predicted molar refractivity (Wildman–Crippen MR) is 68.4 cm³/mol. The van der Waals surface area contributed by atoms with Gasteiger partial charge in [0.2, 0.25) is 0 Å². The first-order valence-corrected chi connectivity index (χ1v) is 6.25. The normalized spacial score (nSPS) is 19.8. The number of hydrogen-bond donors (Lipinski definition) is 1. The molecule has 0 spiro atoms. The minimum Gasteiger partial charge on any atom is -0.479 e. The van der Waals surface area contributed by atoms with Crippen LogP contribution in [0.15, 0.2) is 18.2 Å². The zero-order valence-corrected chi connectivity index (χ0v) is 10.8. The second-order valence-electron chi connectivity index (χ2n) is 4.61. The van der Waals surface area contributed by atoms with Crippen molar-refractivity contribution in [3.05, 3.63) is 29.3 Å². The highest BCUT2D eigenvalue weighted by Crippen LogP contribution is 2.34. The maximum atomic E-state index is 11.4. The monoisotopic (exact) mass is 249 g/mol. The Morgan fingerprint density at radius 2 is 2.28 bits per heavy atom. The number of fused-ring (bicyclic) bond motifs is 1. The fourth-order valence-corrected chi connectivity index (χ4v) is 2.37. The van der Waals surface area contributed by atoms with Crippen LogP contribution in [-0.4, -0.2) is 19.2 Å². The molecule has 1 aliphatic carbocycles. The number of rotatable bonds is 3. The van der Waals surface area contributed by atoms with Gasteiger partial charge < -0.3 is 15.2 Å². The van der Waals surface area contributed by atoms with Gasteiger partial charge in [-0.1, -0.05) is 12.1 Å². The Bertz CT molecular complexity index is 445. The van der Waals surface area contributed by atoms with Crippen LogP contribution in [-0.2, 0) is 16.0 Å². The quantitative estimate of drug-likeness (QED) is 0.832. The molecule has 98 valence electrons. The first-order chi connectivity index (χ1) is 8.63. The molecule has 0 saturated heterocycles. The number of methoxy groups -OCH3 is 1. The molecule has 0 bridgehead atoms. The van der Waals surface area contributed by atoms with Gasteiger partial charge in [-0.3, -0.25) is 0 Å². The maximum Gasteiger partial charge on any atom is 0.346 e. The number of esters is 1. The number of nitrogens with two attached hydrogens (primary N) is 1. The molecule has 0 saturated carbocycles. The van der Waals surface area contributed by atoms with Gasteiger partial charge in [-0.2, -0.15) is 0 Å². The van der Waals surface area contributed by atoms with Crippen molar-refractivity contribution in [1.82, 2.24) is 0 Å². The highest BCUT2D eigenvalue weighted by atomic mass is 16.6. The zero-order valence-electron chi connectivity index (χ0n) is 10.8. The van der Waals surface area contributed by atoms with Crippen molar-refractivity contribution in [2.45, 2.75) is 38.3 Å². The molecule has 0 aromatic heterocycles. The molecule has 4 heteroatoms. The van der Waals surface area contributed by atoms with E-state index in [0.29, 0.717) is 0 Å². The summed E-state index contributed by atoms with van der Waals surface area (Å²) in [5.41, 5.74) is 8.35. The van der Waals surface area contributed by atoms with Crippen LogP contribution in [0, 0.1) is 0 Å². The molecule has 1 aromatic carbocycles. The summed E-state index contributed by atoms with van der Waals surface area (Å²) in [7, 11) is 1.36. The van der Waals surface area contributed by atoms with Crippen molar-refractivity contribution in [1.29, 1.82) is 0 Å². The van der Waals surface area contributed by atoms with Crippen molar-refractivity contribution in [3.63, 3.8) is 0 Å². The Kier molecular flexibility index (Phi) is 3.87. The maximum absolute atomic E-state index is 11.4. The molecule has 1 aliphatic rings. The first-order valence-electron chi connectivity index (χ1n) is 6.25. The number of carbonyl (C=O) groups excluding carboxylic acids is 1. The van der Waals surface area contributed by atoms with E-state index in [1.807, 2.05) is 18.2 Å². The van der Waals surface area contributed by atoms with Crippen molar-refractivity contribution < 1.29 is 14.3 Å². The van der Waals surface area contributed by atoms with Gasteiger partial charge in [0, 0.05) is 6.04 Å². The van der Waals surface area contributed by atoms with Gasteiger partial charge in [0.15, 0.2) is 6.10 Å². The second kappa shape index (κ2) is 5.40. The fraction of sp³-hybridized carbons (Fsp3) is 0.500. The summed E-state index contributed by atoms with van der Waals surface area (Å²) < 4.78 is 10.3. The van der Waals surface area contributed by atoms with Crippen LogP contribution in [0.3, 0.4) is 0 Å². The molecule has 2 N–H and O–H groups in total. The van der Waals surface area contributed by atoms with Gasteiger partial charge >= 0.3 is 5.97 Å². The Balaban J connectivity index is 2.24. The topological polar surface area (TPSA) is 61.5 Å². The summed E-state index contributed by atoms with van der Waals surface area (Å²) in [4.78, 5) is 11.4. The van der Waals surface area contributed by atoms with Gasteiger partial charge in [0.25, 0.3) is 0 Å². The third kappa shape index (κ3) is 2.48. The molecule has 0 heterocycles. The molecule has 18 heavy (non-hydrogen) atoms. The van der Waals surface area contributed by atoms with E-state index in [-0.39, 0.29) is 12.0 Å². The molecular formula is C14H19NO3. The average molecular weight is 249 g/mol. The summed E-state index contributed by atoms with van der Waals surface area (Å²) in [6.07, 6.45) is 2.41. The summed E-state index contributed by atoms with van der Waals surface area (Å²) in [5.74, 6) is 0.383. The first kappa shape index (κ1) is 12.9. The van der Waals surface area contributed by atoms with Gasteiger partial charge in [-0.25, -0.2) is 4.79 Å². The smallest absolute Gasteiger partial charge is 0.346 e. The van der Waals surface area contributed by atoms with E-state index < -0.39 is 6.10 Å². The van der Waals surface area contributed by atoms with Crippen molar-refractivity contribution >= 4 is 5.97 Å². The van der Waals surface area contributed by atoms with E-state index in [4.69, 9.17) is 10.5 Å². The van der Waals surface area contributed by atoms with Crippen LogP contribution in [0.25, 0.3) is 0 Å². The Hall–Kier alpha value is -1.55. The molecule has 0 radical (unpaired) electrons. The SMILES string of the molecule is COC(=O)C(C)Oc1cccc2c1CCCC2N. The Morgan fingerprint density at radius 3 is 3.00 bits per heavy atom. The fourth-order valence-electron chi connectivity index (χ4n) is 2.37. The van der Waals surface area contributed by atoms with Crippen LogP contribution in [0.4, 0.5) is 0 Å². The second-order valence-corrected chi connectivity index (χ2v) is 4.61. The van der Waals surface area contributed by atoms with Gasteiger partial charge in [-0.05, 0) is 43.4 Å². The van der Waals surface area contributed by atoms with Crippen LogP contribution in [0.1, 0.15) is 36.9 Å². The van der Waals surface area contributed by atoms with E-state index in [9.17, 15) is 4.79 Å². The third-order valence-corrected chi connectivity index (χ3v) is 3.35. The van der Waals surface area contributed by atoms with Gasteiger partial charge in [-0.15, -0.1) is 0 Å². The largest absolute Gasteiger partial charge is 0.479 e. The summed E-state index contributed by atoms with van der Waals surface area (Å²) in [6.45, 7) is 1.69. The Morgan fingerprint density at radius 1 is 1.50 bits per heavy atom. The number of ether oxygens (including phenoxy) is 2. The van der Waals surface area contributed by atoms with E-state index in [2.05, 4.69) is 4.74 Å². The van der Waals surface area contributed by atoms with Gasteiger partial charge in [0.05, 0.1) is 7.11 Å². The van der Waals surface area contributed by atoms with E-state index in [1.165, 1.54) is 7.11 Å². The molecule has 2 unspecified atom stereocenters. The molecule has 1 aromatic rings. The lowest BCUT2D eigenvalue weighted by Gasteiger charge is -2.25. The minimum absolute atomic E-state index is 0.0748. The molecule has 4 nitrogen and oxygen atoms in total. The van der Waals surface area contributed by atoms with Crippen LogP contribution in [0.5, 0.6) is 5.75 Å². The lowest BCUT2D eigenvalue weighted by atomic mass is 9.87. The molecule has 2 rings (SSSR count). The predicted octanol–water partition coefficient (Wildman–Crippen LogP) is 1.96. The molecule has 0 amide bonds. The van der Waals surface area contributed by atoms with Gasteiger partial charge in [0.1, 0.15) is 5.75 Å². The lowest BCUT2D eigenvalue weighted by Crippen LogP contribution is -2.26. The minimum atomic E-state index is -0.598. The van der Waals surface area contributed by atoms with E-state index >= 15 is 0 Å². The summed E-state index contributed by atoms with van der Waals surface area (Å²) in [5, 5.41) is 0. The zero-order chi connectivity index (χ0) is 13.1. The standard InChI is InChI=1S/C14H19NO3/c1-9(14(16)17-2)18-13-8-4-5-10-11(13)6-3-7-12(10)15/h4-5,8-9,12H,3,6-7,15H2,1-2H3. The third-order valence-electron chi connectivity index (χ3n) is 3.35. The molecule has 2 atom stereocenters. The van der Waals surface area contributed by atoms with Crippen LogP contribution < -0.4 is 10.5 Å². The van der Waals surface area contributed by atoms with Crippen molar-refractivity contribution in [2.24, 2.45) is 5.73 Å². The Labute approximate surface area is 107 Å². The summed E-state index contributed by atoms with van der Waals surface area (Å²) >= 11 is 0. The van der Waals surface area contributed by atoms with Crippen LogP contribution in [0.2, 0.25) is 0 Å². The summed E-state index contributed by atoms with van der Waals surface area (Å²) in [6, 6.07) is 5.92. The van der Waals surface area contributed by atoms with E-state index in [0.717, 1.165) is 36.1 Å². The van der Waals surface area contributed by atoms with Crippen molar-refractivity contribution in [2.75, 3.05) is 7.11 Å². The molecule has 0 aliphatic heterocycles. The number of hydrogen-bond acceptors (Lipinski definition) is 4. The van der Waals surface area contributed by atoms with Crippen LogP contribution >= 0.6 is 0 Å². The van der Waals surface area contributed by atoms with Crippen molar-refractivity contribution in [3.8, 4) is 5.75 Å². The molecule has 0 fully saturated rings. The number of benzene rings is 1. The highest BCUT2D eigenvalue weighted by molar-refractivity contribution is 5.74. The molecular weight excluding hydrogens is 230 g/mol. The lowest BCUT2D eigenvalue weighted by molar-refractivity contribution is -0.147. The number of carbonyl (C=O) groups is 1. The average Bonchev–Trinajstić information content (AvgIpc) is 2.39. The highest BCUT2D eigenvalue weighted by Gasteiger charge is 2.22.